The van der Waals surface area contributed by atoms with Crippen molar-refractivity contribution in [1.29, 1.82) is 0 Å². The van der Waals surface area contributed by atoms with Gasteiger partial charge in [-0.1, -0.05) is 24.5 Å². The molecule has 27 heavy (non-hydrogen) atoms. The van der Waals surface area contributed by atoms with Crippen LogP contribution in [-0.4, -0.2) is 56.1 Å². The molecule has 7 nitrogen and oxygen atoms in total. The number of hydrogen-bond donors (Lipinski definition) is 2. The van der Waals surface area contributed by atoms with E-state index in [0.717, 1.165) is 45.3 Å². The van der Waals surface area contributed by atoms with E-state index in [-0.39, 0.29) is 11.8 Å². The Labute approximate surface area is 161 Å². The second-order valence-corrected chi connectivity index (χ2v) is 9.27. The van der Waals surface area contributed by atoms with Crippen molar-refractivity contribution in [1.82, 2.24) is 25.2 Å². The molecule has 4 aliphatic rings. The summed E-state index contributed by atoms with van der Waals surface area (Å²) in [6.45, 7) is 6.15. The molecule has 2 N–H and O–H groups in total. The van der Waals surface area contributed by atoms with Gasteiger partial charge in [0.25, 0.3) is 0 Å². The third-order valence-electron chi connectivity index (χ3n) is 6.73. The smallest absolute Gasteiger partial charge is 0.224 e. The van der Waals surface area contributed by atoms with Gasteiger partial charge in [-0.25, -0.2) is 0 Å². The zero-order valence-corrected chi connectivity index (χ0v) is 16.6. The number of piperidine rings is 3. The van der Waals surface area contributed by atoms with Gasteiger partial charge in [0, 0.05) is 18.6 Å². The summed E-state index contributed by atoms with van der Waals surface area (Å²) in [5.74, 6) is 0.889. The van der Waals surface area contributed by atoms with Crippen LogP contribution in [0.15, 0.2) is 6.20 Å². The van der Waals surface area contributed by atoms with E-state index in [4.69, 9.17) is 0 Å². The lowest BCUT2D eigenvalue weighted by Crippen LogP contribution is -2.58. The van der Waals surface area contributed by atoms with E-state index in [9.17, 15) is 9.90 Å². The van der Waals surface area contributed by atoms with Gasteiger partial charge in [0.2, 0.25) is 5.91 Å². The van der Waals surface area contributed by atoms with Crippen molar-refractivity contribution in [2.24, 2.45) is 11.8 Å². The molecule has 2 bridgehead atoms. The zero-order chi connectivity index (χ0) is 19.0. The average molecular weight is 376 g/mol. The van der Waals surface area contributed by atoms with Crippen LogP contribution in [0.3, 0.4) is 0 Å². The van der Waals surface area contributed by atoms with Crippen molar-refractivity contribution in [2.75, 3.05) is 13.1 Å². The second-order valence-electron chi connectivity index (χ2n) is 9.27. The Hall–Kier alpha value is -1.47. The number of carbonyl (C=O) groups excluding carboxylic acids is 1. The highest BCUT2D eigenvalue weighted by Crippen LogP contribution is 2.37. The molecule has 1 unspecified atom stereocenters. The maximum absolute atomic E-state index is 12.8. The Morgan fingerprint density at radius 2 is 2.07 bits per heavy atom. The second kappa shape index (κ2) is 7.51. The van der Waals surface area contributed by atoms with Gasteiger partial charge in [-0.3, -0.25) is 14.4 Å². The molecule has 3 aliphatic heterocycles. The van der Waals surface area contributed by atoms with Crippen molar-refractivity contribution in [3.63, 3.8) is 0 Å². The third-order valence-corrected chi connectivity index (χ3v) is 6.73. The highest BCUT2D eigenvalue weighted by atomic mass is 16.3. The van der Waals surface area contributed by atoms with Crippen LogP contribution in [0.25, 0.3) is 0 Å². The minimum Gasteiger partial charge on any atom is -0.384 e. The summed E-state index contributed by atoms with van der Waals surface area (Å²) in [6.07, 6.45) is 10.1. The van der Waals surface area contributed by atoms with Gasteiger partial charge >= 0.3 is 0 Å². The Bertz CT molecular complexity index is 662. The Morgan fingerprint density at radius 1 is 1.30 bits per heavy atom. The minimum atomic E-state index is -0.966. The number of rotatable bonds is 5. The van der Waals surface area contributed by atoms with Crippen LogP contribution >= 0.6 is 0 Å². The minimum absolute atomic E-state index is 0.139. The lowest BCUT2D eigenvalue weighted by atomic mass is 9.75. The molecule has 0 spiro atoms. The number of nitrogens with zero attached hydrogens (tertiary/aromatic N) is 4. The summed E-state index contributed by atoms with van der Waals surface area (Å²) in [6, 6.07) is 0.798. The number of aliphatic hydroxyl groups is 1. The summed E-state index contributed by atoms with van der Waals surface area (Å²) in [7, 11) is 0. The largest absolute Gasteiger partial charge is 0.384 e. The molecule has 0 aromatic carbocycles. The van der Waals surface area contributed by atoms with Crippen LogP contribution in [0.1, 0.15) is 64.5 Å². The predicted octanol–water partition coefficient (Wildman–Crippen LogP) is 1.66. The van der Waals surface area contributed by atoms with Crippen LogP contribution < -0.4 is 5.32 Å². The fourth-order valence-electron chi connectivity index (χ4n) is 5.06. The van der Waals surface area contributed by atoms with E-state index < -0.39 is 5.60 Å². The highest BCUT2D eigenvalue weighted by molar-refractivity contribution is 5.79. The third kappa shape index (κ3) is 4.19. The van der Waals surface area contributed by atoms with E-state index in [1.165, 1.54) is 19.3 Å². The van der Waals surface area contributed by atoms with Gasteiger partial charge in [0.05, 0.1) is 18.7 Å². The lowest BCUT2D eigenvalue weighted by Gasteiger charge is -2.49. The molecule has 1 aromatic rings. The topological polar surface area (TPSA) is 83.3 Å². The molecule has 0 radical (unpaired) electrons. The van der Waals surface area contributed by atoms with Crippen molar-refractivity contribution in [2.45, 2.75) is 83.0 Å². The first-order valence-corrected chi connectivity index (χ1v) is 10.6. The molecule has 4 fully saturated rings. The van der Waals surface area contributed by atoms with Crippen LogP contribution in [-0.2, 0) is 16.9 Å². The molecule has 1 amide bonds. The maximum atomic E-state index is 12.8. The number of amides is 1. The quantitative estimate of drug-likeness (QED) is 0.818. The van der Waals surface area contributed by atoms with Crippen molar-refractivity contribution < 1.29 is 9.90 Å². The molecule has 3 saturated heterocycles. The summed E-state index contributed by atoms with van der Waals surface area (Å²) in [5.41, 5.74) is -0.366. The standard InChI is InChI=1S/C20H33N5O2/c1-20(2,27)18-13-25(23-22-18)11-16-10-14-8-9-24(16)12-17(14)19(26)21-15-6-4-3-5-7-15/h13-17,27H,3-12H2,1-2H3,(H,21,26)/t14-,16-,17-/m0/s1. The van der Waals surface area contributed by atoms with Crippen LogP contribution in [0.5, 0.6) is 0 Å². The van der Waals surface area contributed by atoms with Crippen molar-refractivity contribution in [3.8, 4) is 0 Å². The SMILES string of the molecule is CC(C)(O)c1cn(C[C@@H]2C[C@@H]3CCN2C[C@@H]3C(=O)NC2CCCCC2)nn1. The van der Waals surface area contributed by atoms with Gasteiger partial charge in [-0.2, -0.15) is 0 Å². The molecule has 1 saturated carbocycles. The fourth-order valence-corrected chi connectivity index (χ4v) is 5.06. The first-order valence-electron chi connectivity index (χ1n) is 10.6. The first kappa shape index (κ1) is 18.9. The predicted molar refractivity (Wildman–Crippen MR) is 102 cm³/mol. The average Bonchev–Trinajstić information content (AvgIpc) is 3.12. The Kier molecular flexibility index (Phi) is 5.25. The van der Waals surface area contributed by atoms with Gasteiger partial charge < -0.3 is 10.4 Å². The number of carbonyl (C=O) groups is 1. The molecule has 4 atom stereocenters. The number of fused-ring (bicyclic) bond motifs is 3. The van der Waals surface area contributed by atoms with E-state index in [1.807, 2.05) is 10.9 Å². The molecule has 7 heteroatoms. The summed E-state index contributed by atoms with van der Waals surface area (Å²) >= 11 is 0. The molecular weight excluding hydrogens is 342 g/mol. The normalized spacial score (nSPS) is 31.8. The molecule has 150 valence electrons. The maximum Gasteiger partial charge on any atom is 0.224 e. The van der Waals surface area contributed by atoms with E-state index in [1.54, 1.807) is 13.8 Å². The summed E-state index contributed by atoms with van der Waals surface area (Å²) in [5, 5.41) is 21.7. The van der Waals surface area contributed by atoms with E-state index in [2.05, 4.69) is 20.5 Å². The zero-order valence-electron chi connectivity index (χ0n) is 16.6. The van der Waals surface area contributed by atoms with Crippen LogP contribution in [0.2, 0.25) is 0 Å². The van der Waals surface area contributed by atoms with E-state index in [0.29, 0.717) is 23.7 Å². The Morgan fingerprint density at radius 3 is 2.70 bits per heavy atom. The van der Waals surface area contributed by atoms with Gasteiger partial charge in [-0.15, -0.1) is 5.10 Å². The monoisotopic (exact) mass is 375 g/mol. The van der Waals surface area contributed by atoms with Crippen LogP contribution in [0, 0.1) is 11.8 Å². The molecular formula is C20H33N5O2. The molecule has 4 heterocycles. The number of nitrogens with one attached hydrogen (secondary N) is 1. The number of aromatic nitrogens is 3. The fraction of sp³-hybridized carbons (Fsp3) is 0.850. The van der Waals surface area contributed by atoms with E-state index >= 15 is 0 Å². The first-order chi connectivity index (χ1) is 12.9. The highest BCUT2D eigenvalue weighted by Gasteiger charge is 2.43. The van der Waals surface area contributed by atoms with Gasteiger partial charge in [-0.05, 0) is 52.0 Å². The summed E-state index contributed by atoms with van der Waals surface area (Å²) in [4.78, 5) is 15.3. The van der Waals surface area contributed by atoms with Crippen LogP contribution in [0.4, 0.5) is 0 Å². The summed E-state index contributed by atoms with van der Waals surface area (Å²) < 4.78 is 1.84. The lowest BCUT2D eigenvalue weighted by molar-refractivity contribution is -0.134. The van der Waals surface area contributed by atoms with Gasteiger partial charge in [0.1, 0.15) is 11.3 Å². The molecule has 1 aromatic heterocycles. The molecule has 1 aliphatic carbocycles. The Balaban J connectivity index is 1.34. The number of hydrogen-bond acceptors (Lipinski definition) is 5. The van der Waals surface area contributed by atoms with Gasteiger partial charge in [0.15, 0.2) is 0 Å². The molecule has 5 rings (SSSR count). The van der Waals surface area contributed by atoms with Crippen molar-refractivity contribution >= 4 is 5.91 Å². The van der Waals surface area contributed by atoms with Crippen molar-refractivity contribution in [3.05, 3.63) is 11.9 Å².